The molecule has 8 heteroatoms. The standard InChI is InChI=1S/C17H16N4O4/c1-24-12-6-7-14-13(9-12)15(21-20-14)19-17(23)18-11-5-3-4-10(8-11)16(22)25-2/h3-9H,1-2H3,(H3,18,19,20,21,23). The van der Waals surface area contributed by atoms with Gasteiger partial charge in [-0.15, -0.1) is 0 Å². The van der Waals surface area contributed by atoms with E-state index in [0.29, 0.717) is 22.8 Å². The van der Waals surface area contributed by atoms with Gasteiger partial charge in [0.15, 0.2) is 5.82 Å². The van der Waals surface area contributed by atoms with Gasteiger partial charge in [0.2, 0.25) is 0 Å². The predicted octanol–water partition coefficient (Wildman–Crippen LogP) is 3.00. The Labute approximate surface area is 143 Å². The minimum absolute atomic E-state index is 0.343. The van der Waals surface area contributed by atoms with Gasteiger partial charge in [-0.2, -0.15) is 5.10 Å². The van der Waals surface area contributed by atoms with Crippen LogP contribution in [0.3, 0.4) is 0 Å². The number of ether oxygens (including phenoxy) is 2. The molecular weight excluding hydrogens is 324 g/mol. The van der Waals surface area contributed by atoms with Crippen molar-refractivity contribution in [1.29, 1.82) is 0 Å². The number of aromatic amines is 1. The number of amides is 2. The van der Waals surface area contributed by atoms with Gasteiger partial charge in [0.1, 0.15) is 5.75 Å². The molecule has 0 radical (unpaired) electrons. The highest BCUT2D eigenvalue weighted by molar-refractivity contribution is 6.05. The summed E-state index contributed by atoms with van der Waals surface area (Å²) in [5.41, 5.74) is 1.57. The molecule has 25 heavy (non-hydrogen) atoms. The van der Waals surface area contributed by atoms with Crippen molar-refractivity contribution in [3.8, 4) is 5.75 Å². The number of anilines is 2. The fourth-order valence-electron chi connectivity index (χ4n) is 2.33. The molecule has 2 aromatic carbocycles. The van der Waals surface area contributed by atoms with Crippen molar-refractivity contribution in [2.45, 2.75) is 0 Å². The van der Waals surface area contributed by atoms with E-state index in [0.717, 1.165) is 10.9 Å². The SMILES string of the molecule is COC(=O)c1cccc(NC(=O)Nc2n[nH]c3ccc(OC)cc23)c1. The van der Waals surface area contributed by atoms with E-state index < -0.39 is 12.0 Å². The molecule has 1 aromatic heterocycles. The number of benzene rings is 2. The normalized spacial score (nSPS) is 10.3. The quantitative estimate of drug-likeness (QED) is 0.633. The van der Waals surface area contributed by atoms with E-state index in [2.05, 4.69) is 25.6 Å². The summed E-state index contributed by atoms with van der Waals surface area (Å²) in [6.07, 6.45) is 0. The summed E-state index contributed by atoms with van der Waals surface area (Å²) in [7, 11) is 2.86. The van der Waals surface area contributed by atoms with Crippen molar-refractivity contribution < 1.29 is 19.1 Å². The molecule has 0 aliphatic carbocycles. The highest BCUT2D eigenvalue weighted by Crippen LogP contribution is 2.25. The first-order chi connectivity index (χ1) is 12.1. The van der Waals surface area contributed by atoms with Crippen molar-refractivity contribution in [2.75, 3.05) is 24.9 Å². The Hall–Kier alpha value is -3.55. The third kappa shape index (κ3) is 3.52. The summed E-state index contributed by atoms with van der Waals surface area (Å²) >= 11 is 0. The van der Waals surface area contributed by atoms with Crippen LogP contribution in [-0.4, -0.2) is 36.4 Å². The van der Waals surface area contributed by atoms with Crippen LogP contribution in [0, 0.1) is 0 Å². The Bertz CT molecular complexity index is 935. The molecular formula is C17H16N4O4. The number of H-pyrrole nitrogens is 1. The van der Waals surface area contributed by atoms with E-state index in [1.807, 2.05) is 6.07 Å². The highest BCUT2D eigenvalue weighted by Gasteiger charge is 2.12. The van der Waals surface area contributed by atoms with Crippen molar-refractivity contribution >= 4 is 34.4 Å². The van der Waals surface area contributed by atoms with Crippen molar-refractivity contribution in [1.82, 2.24) is 10.2 Å². The predicted molar refractivity (Wildman–Crippen MR) is 93.1 cm³/mol. The van der Waals surface area contributed by atoms with E-state index in [4.69, 9.17) is 4.74 Å². The molecule has 8 nitrogen and oxygen atoms in total. The van der Waals surface area contributed by atoms with Gasteiger partial charge in [0.05, 0.1) is 25.3 Å². The number of hydrogen-bond donors (Lipinski definition) is 3. The molecule has 0 aliphatic rings. The second-order valence-corrected chi connectivity index (χ2v) is 5.14. The molecule has 2 amide bonds. The lowest BCUT2D eigenvalue weighted by Gasteiger charge is -2.07. The maximum Gasteiger partial charge on any atom is 0.337 e. The van der Waals surface area contributed by atoms with Crippen LogP contribution in [0.5, 0.6) is 5.75 Å². The number of carbonyl (C=O) groups is 2. The lowest BCUT2D eigenvalue weighted by Crippen LogP contribution is -2.20. The minimum Gasteiger partial charge on any atom is -0.497 e. The molecule has 3 N–H and O–H groups in total. The number of aromatic nitrogens is 2. The van der Waals surface area contributed by atoms with E-state index in [9.17, 15) is 9.59 Å². The van der Waals surface area contributed by atoms with Gasteiger partial charge in [0, 0.05) is 11.1 Å². The molecule has 0 bridgehead atoms. The maximum atomic E-state index is 12.2. The molecule has 0 aliphatic heterocycles. The highest BCUT2D eigenvalue weighted by atomic mass is 16.5. The number of carbonyl (C=O) groups excluding carboxylic acids is 2. The lowest BCUT2D eigenvalue weighted by molar-refractivity contribution is 0.0600. The second kappa shape index (κ2) is 6.91. The topological polar surface area (TPSA) is 105 Å². The van der Waals surface area contributed by atoms with Gasteiger partial charge in [-0.05, 0) is 36.4 Å². The van der Waals surface area contributed by atoms with Crippen molar-refractivity contribution in [3.05, 3.63) is 48.0 Å². The first-order valence-corrected chi connectivity index (χ1v) is 7.39. The Morgan fingerprint density at radius 2 is 1.92 bits per heavy atom. The Kier molecular flexibility index (Phi) is 4.51. The molecule has 1 heterocycles. The van der Waals surface area contributed by atoms with E-state index >= 15 is 0 Å². The zero-order valence-corrected chi connectivity index (χ0v) is 13.6. The average molecular weight is 340 g/mol. The molecule has 0 spiro atoms. The largest absolute Gasteiger partial charge is 0.497 e. The molecule has 0 fully saturated rings. The number of nitrogens with zero attached hydrogens (tertiary/aromatic N) is 1. The van der Waals surface area contributed by atoms with Gasteiger partial charge in [-0.25, -0.2) is 9.59 Å². The number of hydrogen-bond acceptors (Lipinski definition) is 5. The van der Waals surface area contributed by atoms with Crippen LogP contribution in [0.1, 0.15) is 10.4 Å². The first-order valence-electron chi connectivity index (χ1n) is 7.39. The summed E-state index contributed by atoms with van der Waals surface area (Å²) in [4.78, 5) is 23.7. The zero-order valence-electron chi connectivity index (χ0n) is 13.6. The van der Waals surface area contributed by atoms with Crippen LogP contribution in [0.2, 0.25) is 0 Å². The molecule has 3 rings (SSSR count). The fraction of sp³-hybridized carbons (Fsp3) is 0.118. The number of esters is 1. The third-order valence-corrected chi connectivity index (χ3v) is 3.54. The number of methoxy groups -OCH3 is 2. The van der Waals surface area contributed by atoms with Crippen LogP contribution < -0.4 is 15.4 Å². The number of urea groups is 1. The molecule has 128 valence electrons. The molecule has 0 saturated carbocycles. The monoisotopic (exact) mass is 340 g/mol. The Morgan fingerprint density at radius 3 is 2.68 bits per heavy atom. The van der Waals surface area contributed by atoms with Gasteiger partial charge in [-0.1, -0.05) is 6.07 Å². The fourth-order valence-corrected chi connectivity index (χ4v) is 2.33. The van der Waals surface area contributed by atoms with E-state index in [1.54, 1.807) is 37.4 Å². The van der Waals surface area contributed by atoms with E-state index in [-0.39, 0.29) is 0 Å². The smallest absolute Gasteiger partial charge is 0.337 e. The van der Waals surface area contributed by atoms with Crippen LogP contribution >= 0.6 is 0 Å². The first kappa shape index (κ1) is 16.3. The average Bonchev–Trinajstić information content (AvgIpc) is 3.03. The Balaban J connectivity index is 1.76. The minimum atomic E-state index is -0.488. The number of fused-ring (bicyclic) bond motifs is 1. The summed E-state index contributed by atoms with van der Waals surface area (Å²) in [5.74, 6) is 0.549. The summed E-state index contributed by atoms with van der Waals surface area (Å²) in [6, 6.07) is 11.3. The van der Waals surface area contributed by atoms with Crippen molar-refractivity contribution in [2.24, 2.45) is 0 Å². The summed E-state index contributed by atoms with van der Waals surface area (Å²) in [5, 5.41) is 12.9. The van der Waals surface area contributed by atoms with E-state index in [1.165, 1.54) is 13.2 Å². The van der Waals surface area contributed by atoms with Gasteiger partial charge >= 0.3 is 12.0 Å². The maximum absolute atomic E-state index is 12.2. The molecule has 0 unspecified atom stereocenters. The zero-order chi connectivity index (χ0) is 17.8. The van der Waals surface area contributed by atoms with Gasteiger partial charge < -0.3 is 14.8 Å². The number of rotatable bonds is 4. The Morgan fingerprint density at radius 1 is 1.08 bits per heavy atom. The van der Waals surface area contributed by atoms with Crippen LogP contribution in [0.25, 0.3) is 10.9 Å². The molecule has 0 atom stereocenters. The summed E-state index contributed by atoms with van der Waals surface area (Å²) in [6.45, 7) is 0. The number of nitrogens with one attached hydrogen (secondary N) is 3. The van der Waals surface area contributed by atoms with Gasteiger partial charge in [0.25, 0.3) is 0 Å². The third-order valence-electron chi connectivity index (χ3n) is 3.54. The molecule has 0 saturated heterocycles. The van der Waals surface area contributed by atoms with Crippen molar-refractivity contribution in [3.63, 3.8) is 0 Å². The van der Waals surface area contributed by atoms with Crippen LogP contribution in [0.4, 0.5) is 16.3 Å². The molecule has 3 aromatic rings. The van der Waals surface area contributed by atoms with Crippen LogP contribution in [-0.2, 0) is 4.74 Å². The van der Waals surface area contributed by atoms with Crippen LogP contribution in [0.15, 0.2) is 42.5 Å². The second-order valence-electron chi connectivity index (χ2n) is 5.14. The summed E-state index contributed by atoms with van der Waals surface area (Å²) < 4.78 is 9.84. The lowest BCUT2D eigenvalue weighted by atomic mass is 10.2. The van der Waals surface area contributed by atoms with Gasteiger partial charge in [-0.3, -0.25) is 10.4 Å².